The number of aliphatic hydroxyl groups is 1. The number of carbonyl (C=O) groups is 1. The number of ketones is 1. The van der Waals surface area contributed by atoms with Crippen LogP contribution >= 0.6 is 11.3 Å². The minimum absolute atomic E-state index is 0.201. The Morgan fingerprint density at radius 3 is 2.48 bits per heavy atom. The predicted molar refractivity (Wildman–Crippen MR) is 127 cm³/mol. The lowest BCUT2D eigenvalue weighted by atomic mass is 9.74. The first-order valence-corrected chi connectivity index (χ1v) is 12.0. The van der Waals surface area contributed by atoms with E-state index < -0.39 is 6.10 Å². The quantitative estimate of drug-likeness (QED) is 0.527. The summed E-state index contributed by atoms with van der Waals surface area (Å²) in [5.74, 6) is 1.07. The van der Waals surface area contributed by atoms with Crippen molar-refractivity contribution in [2.45, 2.75) is 72.8 Å². The standard InChI is InChI=1S/C26H36O4S/c1-16-11-19(12-17(2)24(16)30-15-20(27)14-29-6)7-8-23(28)25-21-9-10-26(4,5)13-22(21)18(3)31-25/h11-12,20,27H,7-10,13-15H2,1-6H3. The van der Waals surface area contributed by atoms with Crippen LogP contribution in [0.5, 0.6) is 5.75 Å². The Hall–Kier alpha value is -1.69. The topological polar surface area (TPSA) is 55.8 Å². The Labute approximate surface area is 190 Å². The van der Waals surface area contributed by atoms with Crippen molar-refractivity contribution in [1.82, 2.24) is 0 Å². The Morgan fingerprint density at radius 2 is 1.84 bits per heavy atom. The summed E-state index contributed by atoms with van der Waals surface area (Å²) in [6.07, 6.45) is 3.86. The lowest BCUT2D eigenvalue weighted by Gasteiger charge is -2.30. The number of hydrogen-bond acceptors (Lipinski definition) is 5. The van der Waals surface area contributed by atoms with Gasteiger partial charge in [0.25, 0.3) is 0 Å². The molecular formula is C26H36O4S. The highest BCUT2D eigenvalue weighted by Crippen LogP contribution is 2.41. The van der Waals surface area contributed by atoms with Crippen molar-refractivity contribution >= 4 is 17.1 Å². The largest absolute Gasteiger partial charge is 0.490 e. The van der Waals surface area contributed by atoms with E-state index in [0.717, 1.165) is 53.0 Å². The van der Waals surface area contributed by atoms with Crippen LogP contribution in [0.15, 0.2) is 12.1 Å². The van der Waals surface area contributed by atoms with Crippen molar-refractivity contribution in [3.05, 3.63) is 49.7 Å². The van der Waals surface area contributed by atoms with Crippen molar-refractivity contribution in [1.29, 1.82) is 0 Å². The first-order valence-electron chi connectivity index (χ1n) is 11.2. The third kappa shape index (κ3) is 5.76. The van der Waals surface area contributed by atoms with E-state index in [9.17, 15) is 9.90 Å². The van der Waals surface area contributed by atoms with E-state index >= 15 is 0 Å². The van der Waals surface area contributed by atoms with Crippen molar-refractivity contribution in [3.63, 3.8) is 0 Å². The molecule has 0 aliphatic heterocycles. The minimum atomic E-state index is -0.646. The van der Waals surface area contributed by atoms with Crippen molar-refractivity contribution in [2.24, 2.45) is 5.41 Å². The summed E-state index contributed by atoms with van der Waals surface area (Å²) in [6.45, 7) is 11.3. The second-order valence-electron chi connectivity index (χ2n) is 9.69. The Balaban J connectivity index is 1.66. The average Bonchev–Trinajstić information content (AvgIpc) is 3.00. The normalized spacial score (nSPS) is 16.1. The summed E-state index contributed by atoms with van der Waals surface area (Å²) in [5, 5.41) is 9.83. The fourth-order valence-corrected chi connectivity index (χ4v) is 5.77. The number of fused-ring (bicyclic) bond motifs is 1. The van der Waals surface area contributed by atoms with Gasteiger partial charge >= 0.3 is 0 Å². The molecule has 2 aromatic rings. The first kappa shape index (κ1) is 24.0. The van der Waals surface area contributed by atoms with Gasteiger partial charge in [-0.3, -0.25) is 4.79 Å². The zero-order chi connectivity index (χ0) is 22.8. The maximum atomic E-state index is 13.1. The number of aliphatic hydroxyl groups excluding tert-OH is 1. The van der Waals surface area contributed by atoms with Crippen LogP contribution in [0.25, 0.3) is 0 Å². The number of ether oxygens (including phenoxy) is 2. The van der Waals surface area contributed by atoms with E-state index in [0.29, 0.717) is 11.8 Å². The molecular weight excluding hydrogens is 408 g/mol. The van der Waals surface area contributed by atoms with Crippen molar-refractivity contribution in [3.8, 4) is 5.75 Å². The molecule has 1 unspecified atom stereocenters. The Bertz CT molecular complexity index is 918. The zero-order valence-electron chi connectivity index (χ0n) is 19.8. The van der Waals surface area contributed by atoms with E-state index in [-0.39, 0.29) is 19.0 Å². The molecule has 0 spiro atoms. The smallest absolute Gasteiger partial charge is 0.173 e. The van der Waals surface area contributed by atoms with Crippen LogP contribution in [0, 0.1) is 26.2 Å². The molecule has 3 rings (SSSR count). The molecule has 1 aliphatic rings. The molecule has 0 saturated carbocycles. The Kier molecular flexibility index (Phi) is 7.61. The van der Waals surface area contributed by atoms with E-state index in [2.05, 4.69) is 32.9 Å². The van der Waals surface area contributed by atoms with Gasteiger partial charge in [0.2, 0.25) is 0 Å². The molecule has 1 heterocycles. The van der Waals surface area contributed by atoms with Crippen LogP contribution in [-0.2, 0) is 24.0 Å². The molecule has 0 bridgehead atoms. The third-order valence-corrected chi connectivity index (χ3v) is 7.45. The lowest BCUT2D eigenvalue weighted by Crippen LogP contribution is -2.23. The molecule has 31 heavy (non-hydrogen) atoms. The maximum Gasteiger partial charge on any atom is 0.173 e. The van der Waals surface area contributed by atoms with Gasteiger partial charge in [0.15, 0.2) is 5.78 Å². The Morgan fingerprint density at radius 1 is 1.16 bits per heavy atom. The van der Waals surface area contributed by atoms with Gasteiger partial charge in [-0.1, -0.05) is 26.0 Å². The van der Waals surface area contributed by atoms with Gasteiger partial charge in [0.05, 0.1) is 11.5 Å². The SMILES string of the molecule is COCC(O)COc1c(C)cc(CCC(=O)c2sc(C)c3c2CCC(C)(C)C3)cc1C. The zero-order valence-corrected chi connectivity index (χ0v) is 20.6. The molecule has 0 saturated heterocycles. The summed E-state index contributed by atoms with van der Waals surface area (Å²) in [4.78, 5) is 15.4. The van der Waals surface area contributed by atoms with Crippen LogP contribution in [0.3, 0.4) is 0 Å². The summed E-state index contributed by atoms with van der Waals surface area (Å²) in [7, 11) is 1.56. The van der Waals surface area contributed by atoms with Gasteiger partial charge in [0, 0.05) is 18.4 Å². The number of carbonyl (C=O) groups excluding carboxylic acids is 1. The molecule has 1 aromatic carbocycles. The van der Waals surface area contributed by atoms with Gasteiger partial charge in [-0.25, -0.2) is 0 Å². The number of rotatable bonds is 9. The second kappa shape index (κ2) is 9.85. The molecule has 1 aliphatic carbocycles. The van der Waals surface area contributed by atoms with E-state index in [1.807, 2.05) is 13.8 Å². The molecule has 5 heteroatoms. The summed E-state index contributed by atoms with van der Waals surface area (Å²) >= 11 is 1.69. The van der Waals surface area contributed by atoms with Gasteiger partial charge in [-0.15, -0.1) is 11.3 Å². The van der Waals surface area contributed by atoms with Gasteiger partial charge in [0.1, 0.15) is 18.5 Å². The molecule has 170 valence electrons. The van der Waals surface area contributed by atoms with Crippen LogP contribution in [0.2, 0.25) is 0 Å². The summed E-state index contributed by atoms with van der Waals surface area (Å²) in [5.41, 5.74) is 6.28. The second-order valence-corrected chi connectivity index (χ2v) is 10.9. The number of methoxy groups -OCH3 is 1. The predicted octanol–water partition coefficient (Wildman–Crippen LogP) is 5.39. The van der Waals surface area contributed by atoms with E-state index in [1.54, 1.807) is 18.4 Å². The van der Waals surface area contributed by atoms with E-state index in [1.165, 1.54) is 16.0 Å². The van der Waals surface area contributed by atoms with Crippen LogP contribution in [0.1, 0.15) is 69.1 Å². The van der Waals surface area contributed by atoms with E-state index in [4.69, 9.17) is 9.47 Å². The summed E-state index contributed by atoms with van der Waals surface area (Å²) < 4.78 is 10.8. The first-order chi connectivity index (χ1) is 14.6. The molecule has 0 fully saturated rings. The highest BCUT2D eigenvalue weighted by molar-refractivity contribution is 7.14. The number of benzene rings is 1. The van der Waals surface area contributed by atoms with Gasteiger partial charge in [-0.05, 0) is 79.7 Å². The molecule has 1 aromatic heterocycles. The average molecular weight is 445 g/mol. The lowest BCUT2D eigenvalue weighted by molar-refractivity contribution is 0.0322. The van der Waals surface area contributed by atoms with Crippen LogP contribution in [-0.4, -0.2) is 37.3 Å². The molecule has 0 amide bonds. The van der Waals surface area contributed by atoms with Crippen LogP contribution in [0.4, 0.5) is 0 Å². The fourth-order valence-electron chi connectivity index (χ4n) is 4.58. The van der Waals surface area contributed by atoms with Crippen LogP contribution < -0.4 is 4.74 Å². The highest BCUT2D eigenvalue weighted by Gasteiger charge is 2.31. The number of thiophene rings is 1. The third-order valence-electron chi connectivity index (χ3n) is 6.22. The molecule has 1 atom stereocenters. The van der Waals surface area contributed by atoms with Crippen molar-refractivity contribution in [2.75, 3.05) is 20.3 Å². The minimum Gasteiger partial charge on any atom is -0.490 e. The summed E-state index contributed by atoms with van der Waals surface area (Å²) in [6, 6.07) is 4.19. The molecule has 1 N–H and O–H groups in total. The maximum absolute atomic E-state index is 13.1. The van der Waals surface area contributed by atoms with Crippen molar-refractivity contribution < 1.29 is 19.4 Å². The molecule has 4 nitrogen and oxygen atoms in total. The van der Waals surface area contributed by atoms with Gasteiger partial charge < -0.3 is 14.6 Å². The van der Waals surface area contributed by atoms with Gasteiger partial charge in [-0.2, -0.15) is 0 Å². The number of Topliss-reactive ketones (excluding diaryl/α,β-unsaturated/α-hetero) is 1. The molecule has 0 radical (unpaired) electrons. The highest BCUT2D eigenvalue weighted by atomic mass is 32.1. The monoisotopic (exact) mass is 444 g/mol. The number of hydrogen-bond donors (Lipinski definition) is 1. The number of aryl methyl sites for hydroxylation is 4. The fraction of sp³-hybridized carbons (Fsp3) is 0.577.